The summed E-state index contributed by atoms with van der Waals surface area (Å²) >= 11 is 0. The number of hydrazine groups is 1. The highest BCUT2D eigenvalue weighted by molar-refractivity contribution is 5.87. The van der Waals surface area contributed by atoms with Crippen LogP contribution in [-0.2, 0) is 9.53 Å². The van der Waals surface area contributed by atoms with Crippen molar-refractivity contribution < 1.29 is 18.7 Å². The summed E-state index contributed by atoms with van der Waals surface area (Å²) in [6, 6.07) is 5.11. The van der Waals surface area contributed by atoms with E-state index in [1.807, 2.05) is 0 Å². The first-order valence-electron chi connectivity index (χ1n) is 8.42. The molecule has 1 aromatic rings. The molecule has 0 bridgehead atoms. The maximum atomic E-state index is 12.9. The van der Waals surface area contributed by atoms with Gasteiger partial charge in [0.2, 0.25) is 0 Å². The minimum atomic E-state index is -0.535. The molecule has 0 radical (unpaired) electrons. The molecule has 2 amide bonds. The van der Waals surface area contributed by atoms with E-state index >= 15 is 0 Å². The molecule has 1 heterocycles. The first-order valence-corrected chi connectivity index (χ1v) is 8.42. The number of rotatable bonds is 4. The van der Waals surface area contributed by atoms with Crippen LogP contribution >= 0.6 is 0 Å². The number of benzene rings is 1. The average Bonchev–Trinajstić information content (AvgIpc) is 3.25. The third-order valence-corrected chi connectivity index (χ3v) is 4.53. The normalized spacial score (nSPS) is 20.9. The lowest BCUT2D eigenvalue weighted by Gasteiger charge is -2.25. The zero-order chi connectivity index (χ0) is 16.9. The largest absolute Gasteiger partial charge is 0.446 e. The van der Waals surface area contributed by atoms with E-state index in [0.717, 1.165) is 32.1 Å². The first-order chi connectivity index (χ1) is 11.6. The van der Waals surface area contributed by atoms with Crippen LogP contribution in [0.15, 0.2) is 24.3 Å². The van der Waals surface area contributed by atoms with Crippen molar-refractivity contribution in [1.29, 1.82) is 0 Å². The van der Waals surface area contributed by atoms with Gasteiger partial charge in [-0.1, -0.05) is 0 Å². The van der Waals surface area contributed by atoms with E-state index in [1.165, 1.54) is 29.2 Å². The lowest BCUT2D eigenvalue weighted by Crippen LogP contribution is -2.48. The third-order valence-electron chi connectivity index (χ3n) is 4.53. The topological polar surface area (TPSA) is 70.7 Å². The summed E-state index contributed by atoms with van der Waals surface area (Å²) < 4.78 is 18.4. The Hall–Kier alpha value is -2.31. The second-order valence-corrected chi connectivity index (χ2v) is 6.26. The summed E-state index contributed by atoms with van der Waals surface area (Å²) in [5.74, 6) is -0.635. The highest BCUT2D eigenvalue weighted by Crippen LogP contribution is 2.24. The number of carbonyl (C=O) groups excluding carboxylic acids is 2. The van der Waals surface area contributed by atoms with Crippen molar-refractivity contribution in [3.63, 3.8) is 0 Å². The minimum absolute atomic E-state index is 0.0147. The Morgan fingerprint density at radius 1 is 1.08 bits per heavy atom. The van der Waals surface area contributed by atoms with Crippen LogP contribution in [0.2, 0.25) is 0 Å². The number of amides is 2. The fourth-order valence-electron chi connectivity index (χ4n) is 3.22. The zero-order valence-corrected chi connectivity index (χ0v) is 13.5. The predicted octanol–water partition coefficient (Wildman–Crippen LogP) is 2.81. The molecule has 1 saturated heterocycles. The molecule has 3 rings (SSSR count). The van der Waals surface area contributed by atoms with Gasteiger partial charge in [0.05, 0.1) is 5.69 Å². The summed E-state index contributed by atoms with van der Waals surface area (Å²) in [6.07, 6.45) is 4.95. The number of hydrogen-bond donors (Lipinski definition) is 2. The van der Waals surface area contributed by atoms with Gasteiger partial charge in [-0.25, -0.2) is 9.18 Å². The Bertz CT molecular complexity index is 587. The van der Waals surface area contributed by atoms with Crippen molar-refractivity contribution in [2.75, 3.05) is 12.0 Å². The fourth-order valence-corrected chi connectivity index (χ4v) is 3.22. The maximum Gasteiger partial charge on any atom is 0.410 e. The molecule has 1 aliphatic heterocycles. The highest BCUT2D eigenvalue weighted by atomic mass is 19.1. The van der Waals surface area contributed by atoms with Crippen LogP contribution in [0.25, 0.3) is 0 Å². The van der Waals surface area contributed by atoms with Gasteiger partial charge in [-0.3, -0.25) is 20.5 Å². The standard InChI is InChI=1S/C17H22FN3O3/c18-12-7-9-13(10-8-12)19-20-16(22)15-6-3-11-21(15)17(23)24-14-4-1-2-5-14/h7-10,14-15,19H,1-6,11H2,(H,20,22). The number of likely N-dealkylation sites (tertiary alicyclic amines) is 1. The van der Waals surface area contributed by atoms with Gasteiger partial charge in [-0.2, -0.15) is 0 Å². The second-order valence-electron chi connectivity index (χ2n) is 6.26. The summed E-state index contributed by atoms with van der Waals surface area (Å²) in [5, 5.41) is 0. The van der Waals surface area contributed by atoms with Crippen molar-refractivity contribution in [1.82, 2.24) is 10.3 Å². The van der Waals surface area contributed by atoms with Gasteiger partial charge in [0.15, 0.2) is 0 Å². The summed E-state index contributed by atoms with van der Waals surface area (Å²) in [5.41, 5.74) is 5.89. The van der Waals surface area contributed by atoms with Gasteiger partial charge in [-0.05, 0) is 62.8 Å². The third kappa shape index (κ3) is 3.96. The smallest absolute Gasteiger partial charge is 0.410 e. The van der Waals surface area contributed by atoms with Crippen molar-refractivity contribution in [2.24, 2.45) is 0 Å². The van der Waals surface area contributed by atoms with Gasteiger partial charge in [-0.15, -0.1) is 0 Å². The van der Waals surface area contributed by atoms with Crippen LogP contribution in [0.1, 0.15) is 38.5 Å². The molecule has 0 aromatic heterocycles. The van der Waals surface area contributed by atoms with E-state index in [9.17, 15) is 14.0 Å². The number of anilines is 1. The fraction of sp³-hybridized carbons (Fsp3) is 0.529. The van der Waals surface area contributed by atoms with Crippen molar-refractivity contribution >= 4 is 17.7 Å². The van der Waals surface area contributed by atoms with E-state index in [1.54, 1.807) is 0 Å². The minimum Gasteiger partial charge on any atom is -0.446 e. The summed E-state index contributed by atoms with van der Waals surface area (Å²) in [6.45, 7) is 0.528. The molecule has 24 heavy (non-hydrogen) atoms. The molecule has 130 valence electrons. The first kappa shape index (κ1) is 16.5. The van der Waals surface area contributed by atoms with Gasteiger partial charge in [0, 0.05) is 6.54 Å². The Labute approximate surface area is 140 Å². The number of carbonyl (C=O) groups is 2. The van der Waals surface area contributed by atoms with E-state index in [4.69, 9.17) is 4.74 Å². The Morgan fingerprint density at radius 2 is 1.79 bits per heavy atom. The predicted molar refractivity (Wildman–Crippen MR) is 86.6 cm³/mol. The Morgan fingerprint density at radius 3 is 2.50 bits per heavy atom. The van der Waals surface area contributed by atoms with Crippen molar-refractivity contribution in [3.05, 3.63) is 30.1 Å². The molecule has 7 heteroatoms. The van der Waals surface area contributed by atoms with Crippen LogP contribution in [-0.4, -0.2) is 35.6 Å². The van der Waals surface area contributed by atoms with Crippen molar-refractivity contribution in [2.45, 2.75) is 50.7 Å². The molecule has 1 aliphatic carbocycles. The Kier molecular flexibility index (Phi) is 5.17. The van der Waals surface area contributed by atoms with Crippen LogP contribution in [0.4, 0.5) is 14.9 Å². The monoisotopic (exact) mass is 335 g/mol. The molecule has 0 spiro atoms. The quantitative estimate of drug-likeness (QED) is 0.830. The second kappa shape index (κ2) is 7.51. The lowest BCUT2D eigenvalue weighted by molar-refractivity contribution is -0.124. The van der Waals surface area contributed by atoms with E-state index < -0.39 is 12.1 Å². The molecular weight excluding hydrogens is 313 g/mol. The average molecular weight is 335 g/mol. The van der Waals surface area contributed by atoms with Crippen LogP contribution < -0.4 is 10.9 Å². The van der Waals surface area contributed by atoms with E-state index in [0.29, 0.717) is 18.7 Å². The summed E-state index contributed by atoms with van der Waals surface area (Å²) in [7, 11) is 0. The van der Waals surface area contributed by atoms with Crippen LogP contribution in [0.3, 0.4) is 0 Å². The molecular formula is C17H22FN3O3. The highest BCUT2D eigenvalue weighted by Gasteiger charge is 2.36. The van der Waals surface area contributed by atoms with E-state index in [2.05, 4.69) is 10.9 Å². The van der Waals surface area contributed by atoms with Gasteiger partial charge < -0.3 is 4.74 Å². The van der Waals surface area contributed by atoms with Gasteiger partial charge in [0.25, 0.3) is 5.91 Å². The van der Waals surface area contributed by atoms with Gasteiger partial charge in [0.1, 0.15) is 18.0 Å². The molecule has 1 unspecified atom stereocenters. The molecule has 1 atom stereocenters. The van der Waals surface area contributed by atoms with Gasteiger partial charge >= 0.3 is 6.09 Å². The molecule has 2 aliphatic rings. The summed E-state index contributed by atoms with van der Waals surface area (Å²) in [4.78, 5) is 26.1. The molecule has 1 aromatic carbocycles. The van der Waals surface area contributed by atoms with Crippen LogP contribution in [0, 0.1) is 5.82 Å². The number of nitrogens with zero attached hydrogens (tertiary/aromatic N) is 1. The molecule has 2 N–H and O–H groups in total. The number of halogens is 1. The number of nitrogens with one attached hydrogen (secondary N) is 2. The number of hydrogen-bond acceptors (Lipinski definition) is 4. The SMILES string of the molecule is O=C(NNc1ccc(F)cc1)C1CCCN1C(=O)OC1CCCC1. The van der Waals surface area contributed by atoms with E-state index in [-0.39, 0.29) is 17.8 Å². The lowest BCUT2D eigenvalue weighted by atomic mass is 10.2. The molecule has 6 nitrogen and oxygen atoms in total. The molecule has 1 saturated carbocycles. The Balaban J connectivity index is 1.52. The van der Waals surface area contributed by atoms with Crippen molar-refractivity contribution in [3.8, 4) is 0 Å². The maximum absolute atomic E-state index is 12.9. The molecule has 2 fully saturated rings. The van der Waals surface area contributed by atoms with Crippen LogP contribution in [0.5, 0.6) is 0 Å². The zero-order valence-electron chi connectivity index (χ0n) is 13.5. The number of ether oxygens (including phenoxy) is 1.